The minimum Gasteiger partial charge on any atom is -0.363 e. The van der Waals surface area contributed by atoms with Gasteiger partial charge in [-0.3, -0.25) is 0 Å². The number of benzene rings is 2. The summed E-state index contributed by atoms with van der Waals surface area (Å²) in [6.07, 6.45) is 6.71. The van der Waals surface area contributed by atoms with Crippen molar-refractivity contribution < 1.29 is 4.74 Å². The predicted molar refractivity (Wildman–Crippen MR) is 103 cm³/mol. The van der Waals surface area contributed by atoms with Crippen LogP contribution in [0, 0.1) is 0 Å². The minimum absolute atomic E-state index is 0.258. The van der Waals surface area contributed by atoms with E-state index in [-0.39, 0.29) is 6.10 Å². The van der Waals surface area contributed by atoms with Gasteiger partial charge in [-0.2, -0.15) is 10.1 Å². The first kappa shape index (κ1) is 16.0. The van der Waals surface area contributed by atoms with Crippen molar-refractivity contribution in [1.29, 1.82) is 0 Å². The minimum atomic E-state index is 0.258. The molecule has 5 rings (SSSR count). The molecular weight excluding hydrogens is 322 g/mol. The highest BCUT2D eigenvalue weighted by Crippen LogP contribution is 2.52. The predicted octanol–water partition coefficient (Wildman–Crippen LogP) is 4.38. The Bertz CT molecular complexity index is 731. The van der Waals surface area contributed by atoms with Crippen LogP contribution in [0.5, 0.6) is 0 Å². The van der Waals surface area contributed by atoms with E-state index in [2.05, 4.69) is 71.2 Å². The number of hydrazone groups is 1. The van der Waals surface area contributed by atoms with Crippen LogP contribution in [0.1, 0.15) is 55.3 Å². The van der Waals surface area contributed by atoms with Crippen LogP contribution in [-0.4, -0.2) is 22.9 Å². The molecule has 1 N–H and O–H groups in total. The number of hydrogen-bond acceptors (Lipinski definition) is 4. The van der Waals surface area contributed by atoms with Crippen LogP contribution >= 0.6 is 0 Å². The lowest BCUT2D eigenvalue weighted by molar-refractivity contribution is 0.358. The zero-order valence-corrected chi connectivity index (χ0v) is 14.9. The van der Waals surface area contributed by atoms with E-state index >= 15 is 0 Å². The third-order valence-electron chi connectivity index (χ3n) is 5.73. The molecule has 1 aliphatic carbocycles. The molecule has 2 aromatic carbocycles. The number of epoxide rings is 1. The quantitative estimate of drug-likeness (QED) is 0.659. The first-order valence-corrected chi connectivity index (χ1v) is 9.77. The van der Waals surface area contributed by atoms with Gasteiger partial charge in [-0.25, -0.2) is 5.53 Å². The highest BCUT2D eigenvalue weighted by atomic mass is 16.6. The second kappa shape index (κ2) is 6.86. The smallest absolute Gasteiger partial charge is 0.124 e. The van der Waals surface area contributed by atoms with Gasteiger partial charge in [0.25, 0.3) is 0 Å². The van der Waals surface area contributed by atoms with Crippen LogP contribution in [0.2, 0.25) is 0 Å². The van der Waals surface area contributed by atoms with E-state index in [9.17, 15) is 0 Å². The van der Waals surface area contributed by atoms with Crippen molar-refractivity contribution in [2.45, 2.75) is 56.4 Å². The van der Waals surface area contributed by atoms with Crippen molar-refractivity contribution in [3.05, 3.63) is 71.8 Å². The fourth-order valence-corrected chi connectivity index (χ4v) is 4.21. The molecule has 0 aromatic heterocycles. The molecule has 0 spiro atoms. The second-order valence-electron chi connectivity index (χ2n) is 7.52. The molecule has 3 aliphatic rings. The zero-order valence-electron chi connectivity index (χ0n) is 14.9. The maximum absolute atomic E-state index is 5.84. The summed E-state index contributed by atoms with van der Waals surface area (Å²) in [6.45, 7) is 0. The van der Waals surface area contributed by atoms with Gasteiger partial charge in [0.1, 0.15) is 6.10 Å². The van der Waals surface area contributed by atoms with Gasteiger partial charge in [-0.15, -0.1) is 0 Å². The van der Waals surface area contributed by atoms with Crippen LogP contribution in [0.4, 0.5) is 0 Å². The van der Waals surface area contributed by atoms with E-state index in [4.69, 9.17) is 9.84 Å². The highest BCUT2D eigenvalue weighted by molar-refractivity contribution is 5.91. The Balaban J connectivity index is 1.35. The summed E-state index contributed by atoms with van der Waals surface area (Å²) < 4.78 is 5.84. The van der Waals surface area contributed by atoms with Gasteiger partial charge in [0.15, 0.2) is 0 Å². The van der Waals surface area contributed by atoms with Gasteiger partial charge < -0.3 is 4.74 Å². The van der Waals surface area contributed by atoms with Gasteiger partial charge in [-0.05, 0) is 30.4 Å². The van der Waals surface area contributed by atoms with Gasteiger partial charge >= 0.3 is 0 Å². The summed E-state index contributed by atoms with van der Waals surface area (Å²) in [5.41, 5.74) is 7.22. The number of nitrogens with zero attached hydrogens (tertiary/aromatic N) is 2. The molecule has 2 aromatic rings. The molecule has 4 atom stereocenters. The number of hydrazine groups is 1. The normalized spacial score (nSPS) is 34.5. The van der Waals surface area contributed by atoms with E-state index in [1.54, 1.807) is 0 Å². The molecule has 2 saturated heterocycles. The fourth-order valence-electron chi connectivity index (χ4n) is 4.21. The molecule has 134 valence electrons. The SMILES string of the molecule is c1ccc([C@H]2[C@H](c3ccccc3)N2N/N=C2/CCCCCC3OC23)cc1. The van der Waals surface area contributed by atoms with Gasteiger partial charge in [0.05, 0.1) is 23.9 Å². The van der Waals surface area contributed by atoms with Gasteiger partial charge in [0, 0.05) is 0 Å². The fraction of sp³-hybridized carbons (Fsp3) is 0.409. The first-order chi connectivity index (χ1) is 12.9. The topological polar surface area (TPSA) is 39.9 Å². The highest BCUT2D eigenvalue weighted by Gasteiger charge is 2.50. The van der Waals surface area contributed by atoms with E-state index in [1.807, 2.05) is 0 Å². The summed E-state index contributed by atoms with van der Waals surface area (Å²) in [5, 5.41) is 7.05. The number of ether oxygens (including phenoxy) is 1. The standard InChI is InChI=1S/C22H25N3O/c1-4-10-16(11-5-1)20-21(17-12-6-2-7-13-17)25(20)24-23-18-14-8-3-9-15-19-22(18)26-19/h1-2,4-7,10-13,19-22,24H,3,8-9,14-15H2/b23-18-/t19?,20-,21-,22?/m0/s1. The third kappa shape index (κ3) is 3.15. The first-order valence-electron chi connectivity index (χ1n) is 9.77. The summed E-state index contributed by atoms with van der Waals surface area (Å²) >= 11 is 0. The molecule has 2 unspecified atom stereocenters. The van der Waals surface area contributed by atoms with E-state index < -0.39 is 0 Å². The van der Waals surface area contributed by atoms with Crippen molar-refractivity contribution in [1.82, 2.24) is 10.5 Å². The van der Waals surface area contributed by atoms with Crippen molar-refractivity contribution in [2.75, 3.05) is 0 Å². The Labute approximate surface area is 154 Å². The monoisotopic (exact) mass is 347 g/mol. The van der Waals surface area contributed by atoms with Crippen LogP contribution in [0.3, 0.4) is 0 Å². The molecule has 4 heteroatoms. The molecule has 3 fully saturated rings. The molecule has 0 bridgehead atoms. The van der Waals surface area contributed by atoms with E-state index in [1.165, 1.54) is 42.5 Å². The lowest BCUT2D eigenvalue weighted by Gasteiger charge is -2.09. The number of hydrogen-bond donors (Lipinski definition) is 1. The van der Waals surface area contributed by atoms with Crippen molar-refractivity contribution in [3.8, 4) is 0 Å². The molecule has 1 saturated carbocycles. The Hall–Kier alpha value is -2.17. The average molecular weight is 347 g/mol. The van der Waals surface area contributed by atoms with Crippen molar-refractivity contribution >= 4 is 5.71 Å². The maximum Gasteiger partial charge on any atom is 0.124 e. The molecule has 26 heavy (non-hydrogen) atoms. The van der Waals surface area contributed by atoms with Crippen molar-refractivity contribution in [2.24, 2.45) is 5.10 Å². The van der Waals surface area contributed by atoms with Crippen LogP contribution in [0.15, 0.2) is 65.8 Å². The Kier molecular flexibility index (Phi) is 4.23. The van der Waals surface area contributed by atoms with E-state index in [0.29, 0.717) is 18.2 Å². The lowest BCUT2D eigenvalue weighted by atomic mass is 9.99. The number of nitrogens with one attached hydrogen (secondary N) is 1. The van der Waals surface area contributed by atoms with Gasteiger partial charge in [-0.1, -0.05) is 73.5 Å². The largest absolute Gasteiger partial charge is 0.363 e. The molecule has 4 nitrogen and oxygen atoms in total. The number of rotatable bonds is 4. The Morgan fingerprint density at radius 1 is 0.846 bits per heavy atom. The summed E-state index contributed by atoms with van der Waals surface area (Å²) in [7, 11) is 0. The Morgan fingerprint density at radius 3 is 2.15 bits per heavy atom. The molecule has 2 aliphatic heterocycles. The third-order valence-corrected chi connectivity index (χ3v) is 5.73. The average Bonchev–Trinajstić information content (AvgIpc) is 3.59. The Morgan fingerprint density at radius 2 is 1.50 bits per heavy atom. The van der Waals surface area contributed by atoms with Crippen LogP contribution in [0.25, 0.3) is 0 Å². The summed E-state index contributed by atoms with van der Waals surface area (Å²) in [6, 6.07) is 22.0. The van der Waals surface area contributed by atoms with E-state index in [0.717, 1.165) is 6.42 Å². The molecular formula is C22H25N3O. The maximum atomic E-state index is 5.84. The summed E-state index contributed by atoms with van der Waals surface area (Å²) in [5.74, 6) is 0. The van der Waals surface area contributed by atoms with Crippen LogP contribution < -0.4 is 5.53 Å². The van der Waals surface area contributed by atoms with Crippen molar-refractivity contribution in [3.63, 3.8) is 0 Å². The lowest BCUT2D eigenvalue weighted by Crippen LogP contribution is -2.22. The van der Waals surface area contributed by atoms with Gasteiger partial charge in [0.2, 0.25) is 0 Å². The molecule has 0 amide bonds. The number of fused-ring (bicyclic) bond motifs is 1. The van der Waals surface area contributed by atoms with Crippen LogP contribution in [-0.2, 0) is 4.74 Å². The second-order valence-corrected chi connectivity index (χ2v) is 7.52. The zero-order chi connectivity index (χ0) is 17.3. The summed E-state index contributed by atoms with van der Waals surface area (Å²) in [4.78, 5) is 0. The molecule has 2 heterocycles. The molecule has 0 radical (unpaired) electrons.